The van der Waals surface area contributed by atoms with Crippen LogP contribution in [0.15, 0.2) is 28.2 Å². The van der Waals surface area contributed by atoms with E-state index in [1.54, 1.807) is 23.5 Å². The molecule has 0 spiro atoms. The van der Waals surface area contributed by atoms with E-state index in [1.807, 2.05) is 11.8 Å². The van der Waals surface area contributed by atoms with Crippen LogP contribution in [0.1, 0.15) is 34.1 Å². The molecule has 3 heterocycles. The lowest BCUT2D eigenvalue weighted by molar-refractivity contribution is 0.0672. The summed E-state index contributed by atoms with van der Waals surface area (Å²) in [5.41, 5.74) is 1.10. The van der Waals surface area contributed by atoms with E-state index >= 15 is 0 Å². The molecule has 2 aromatic rings. The van der Waals surface area contributed by atoms with Gasteiger partial charge in [-0.15, -0.1) is 11.3 Å². The smallest absolute Gasteiger partial charge is 0.289 e. The molecule has 0 aliphatic carbocycles. The molecule has 112 valence electrons. The molecule has 0 radical (unpaired) electrons. The van der Waals surface area contributed by atoms with Crippen LogP contribution in [0.4, 0.5) is 0 Å². The van der Waals surface area contributed by atoms with Gasteiger partial charge in [0.1, 0.15) is 0 Å². The monoisotopic (exact) mass is 305 g/mol. The molecule has 1 aliphatic rings. The Balaban J connectivity index is 1.45. The van der Waals surface area contributed by atoms with Crippen LogP contribution in [-0.4, -0.2) is 34.9 Å². The van der Waals surface area contributed by atoms with Crippen molar-refractivity contribution in [3.8, 4) is 0 Å². The molecular weight excluding hydrogens is 286 g/mol. The number of nitrogens with zero attached hydrogens (tertiary/aromatic N) is 2. The molecule has 1 amide bonds. The second kappa shape index (κ2) is 6.41. The normalized spacial score (nSPS) is 16.3. The van der Waals surface area contributed by atoms with E-state index in [0.717, 1.165) is 43.2 Å². The molecule has 1 fully saturated rings. The van der Waals surface area contributed by atoms with Gasteiger partial charge in [0, 0.05) is 31.1 Å². The molecule has 3 rings (SSSR count). The van der Waals surface area contributed by atoms with Crippen LogP contribution in [0.5, 0.6) is 0 Å². The van der Waals surface area contributed by atoms with E-state index in [-0.39, 0.29) is 5.91 Å². The lowest BCUT2D eigenvalue weighted by atomic mass is 10.0. The Morgan fingerprint density at radius 1 is 1.52 bits per heavy atom. The average molecular weight is 305 g/mol. The second-order valence-electron chi connectivity index (χ2n) is 5.28. The van der Waals surface area contributed by atoms with Gasteiger partial charge in [0.15, 0.2) is 5.76 Å². The van der Waals surface area contributed by atoms with Crippen molar-refractivity contribution in [3.63, 3.8) is 0 Å². The van der Waals surface area contributed by atoms with Crippen molar-refractivity contribution < 1.29 is 9.21 Å². The average Bonchev–Trinajstić information content (AvgIpc) is 3.16. The topological polar surface area (TPSA) is 58.4 Å². The number of hydrogen-bond acceptors (Lipinski definition) is 5. The maximum absolute atomic E-state index is 12.2. The van der Waals surface area contributed by atoms with Crippen molar-refractivity contribution in [2.24, 2.45) is 0 Å². The number of aromatic nitrogens is 1. The van der Waals surface area contributed by atoms with Crippen LogP contribution < -0.4 is 5.32 Å². The Bertz CT molecular complexity index is 586. The number of furan rings is 1. The fourth-order valence-electron chi connectivity index (χ4n) is 2.58. The van der Waals surface area contributed by atoms with Gasteiger partial charge in [-0.2, -0.15) is 0 Å². The van der Waals surface area contributed by atoms with Crippen LogP contribution >= 0.6 is 11.3 Å². The number of hydrogen-bond donors (Lipinski definition) is 1. The second-order valence-corrected chi connectivity index (χ2v) is 6.34. The molecule has 1 aliphatic heterocycles. The standard InChI is InChI=1S/C15H19N3O2S/c1-11-17-13(10-21-11)9-16-12-4-6-18(7-5-12)15(19)14-3-2-8-20-14/h2-3,8,10,12,16H,4-7,9H2,1H3. The molecule has 0 aromatic carbocycles. The lowest BCUT2D eigenvalue weighted by Gasteiger charge is -2.31. The number of carbonyl (C=O) groups is 1. The molecule has 0 atom stereocenters. The minimum atomic E-state index is -0.00595. The van der Waals surface area contributed by atoms with Gasteiger partial charge in [-0.1, -0.05) is 0 Å². The highest BCUT2D eigenvalue weighted by molar-refractivity contribution is 7.09. The van der Waals surface area contributed by atoms with Gasteiger partial charge in [-0.25, -0.2) is 4.98 Å². The van der Waals surface area contributed by atoms with E-state index in [2.05, 4.69) is 15.7 Å². The fourth-order valence-corrected chi connectivity index (χ4v) is 3.19. The number of aryl methyl sites for hydroxylation is 1. The van der Waals surface area contributed by atoms with Crippen molar-refractivity contribution in [1.82, 2.24) is 15.2 Å². The van der Waals surface area contributed by atoms with E-state index in [9.17, 15) is 4.79 Å². The van der Waals surface area contributed by atoms with Gasteiger partial charge in [0.25, 0.3) is 5.91 Å². The Hall–Kier alpha value is -1.66. The largest absolute Gasteiger partial charge is 0.459 e. The summed E-state index contributed by atoms with van der Waals surface area (Å²) in [6.07, 6.45) is 3.47. The van der Waals surface area contributed by atoms with Gasteiger partial charge in [-0.05, 0) is 31.9 Å². The predicted molar refractivity (Wildman–Crippen MR) is 81.3 cm³/mol. The number of amides is 1. The molecule has 0 bridgehead atoms. The zero-order chi connectivity index (χ0) is 14.7. The van der Waals surface area contributed by atoms with Crippen LogP contribution in [0.25, 0.3) is 0 Å². The quantitative estimate of drug-likeness (QED) is 0.942. The first-order valence-electron chi connectivity index (χ1n) is 7.19. The van der Waals surface area contributed by atoms with Crippen molar-refractivity contribution in [1.29, 1.82) is 0 Å². The zero-order valence-corrected chi connectivity index (χ0v) is 12.9. The van der Waals surface area contributed by atoms with Crippen LogP contribution in [-0.2, 0) is 6.54 Å². The Labute approximate surface area is 128 Å². The number of carbonyl (C=O) groups excluding carboxylic acids is 1. The summed E-state index contributed by atoms with van der Waals surface area (Å²) in [5, 5.41) is 6.73. The first-order chi connectivity index (χ1) is 10.2. The molecule has 0 saturated carbocycles. The summed E-state index contributed by atoms with van der Waals surface area (Å²) in [4.78, 5) is 18.5. The molecular formula is C15H19N3O2S. The summed E-state index contributed by atoms with van der Waals surface area (Å²) in [5.74, 6) is 0.424. The van der Waals surface area contributed by atoms with Crippen LogP contribution in [0.3, 0.4) is 0 Å². The zero-order valence-electron chi connectivity index (χ0n) is 12.0. The summed E-state index contributed by atoms with van der Waals surface area (Å²) < 4.78 is 5.17. The van der Waals surface area contributed by atoms with Crippen LogP contribution in [0, 0.1) is 6.92 Å². The van der Waals surface area contributed by atoms with E-state index < -0.39 is 0 Å². The number of thiazole rings is 1. The molecule has 21 heavy (non-hydrogen) atoms. The lowest BCUT2D eigenvalue weighted by Crippen LogP contribution is -2.44. The Kier molecular flexibility index (Phi) is 4.36. The molecule has 1 saturated heterocycles. The van der Waals surface area contributed by atoms with Crippen molar-refractivity contribution >= 4 is 17.2 Å². The fraction of sp³-hybridized carbons (Fsp3) is 0.467. The van der Waals surface area contributed by atoms with Gasteiger partial charge in [0.2, 0.25) is 0 Å². The maximum atomic E-state index is 12.2. The minimum Gasteiger partial charge on any atom is -0.459 e. The minimum absolute atomic E-state index is 0.00595. The molecule has 6 heteroatoms. The molecule has 1 N–H and O–H groups in total. The van der Waals surface area contributed by atoms with Crippen LogP contribution in [0.2, 0.25) is 0 Å². The summed E-state index contributed by atoms with van der Waals surface area (Å²) in [6.45, 7) is 4.37. The number of rotatable bonds is 4. The third kappa shape index (κ3) is 3.51. The number of piperidine rings is 1. The van der Waals surface area contributed by atoms with Crippen molar-refractivity contribution in [2.75, 3.05) is 13.1 Å². The van der Waals surface area contributed by atoms with Gasteiger partial charge in [-0.3, -0.25) is 4.79 Å². The Morgan fingerprint density at radius 3 is 2.95 bits per heavy atom. The predicted octanol–water partition coefficient (Wildman–Crippen LogP) is 2.44. The Morgan fingerprint density at radius 2 is 2.33 bits per heavy atom. The number of likely N-dealkylation sites (tertiary alicyclic amines) is 1. The van der Waals surface area contributed by atoms with E-state index in [4.69, 9.17) is 4.42 Å². The molecule has 2 aromatic heterocycles. The summed E-state index contributed by atoms with van der Waals surface area (Å²) >= 11 is 1.68. The highest BCUT2D eigenvalue weighted by Gasteiger charge is 2.24. The first-order valence-corrected chi connectivity index (χ1v) is 8.07. The van der Waals surface area contributed by atoms with Crippen molar-refractivity contribution in [3.05, 3.63) is 40.2 Å². The van der Waals surface area contributed by atoms with E-state index in [0.29, 0.717) is 11.8 Å². The summed E-state index contributed by atoms with van der Waals surface area (Å²) in [6, 6.07) is 3.92. The SMILES string of the molecule is Cc1nc(CNC2CCN(C(=O)c3ccco3)CC2)cs1. The third-order valence-electron chi connectivity index (χ3n) is 3.75. The van der Waals surface area contributed by atoms with Gasteiger partial charge < -0.3 is 14.6 Å². The van der Waals surface area contributed by atoms with Crippen molar-refractivity contribution in [2.45, 2.75) is 32.4 Å². The van der Waals surface area contributed by atoms with Gasteiger partial charge >= 0.3 is 0 Å². The first kappa shape index (κ1) is 14.3. The summed E-state index contributed by atoms with van der Waals surface area (Å²) in [7, 11) is 0. The van der Waals surface area contributed by atoms with E-state index in [1.165, 1.54) is 6.26 Å². The molecule has 5 nitrogen and oxygen atoms in total. The maximum Gasteiger partial charge on any atom is 0.289 e. The molecule has 0 unspecified atom stereocenters. The highest BCUT2D eigenvalue weighted by Crippen LogP contribution is 2.15. The number of nitrogens with one attached hydrogen (secondary N) is 1. The third-order valence-corrected chi connectivity index (χ3v) is 4.57. The van der Waals surface area contributed by atoms with Gasteiger partial charge in [0.05, 0.1) is 17.0 Å². The highest BCUT2D eigenvalue weighted by atomic mass is 32.1.